The molecule has 4 heteroatoms. The first kappa shape index (κ1) is 17.9. The second kappa shape index (κ2) is 8.99. The third-order valence-electron chi connectivity index (χ3n) is 5.02. The summed E-state index contributed by atoms with van der Waals surface area (Å²) >= 11 is 0. The molecule has 25 heavy (non-hydrogen) atoms. The maximum absolute atomic E-state index is 10.2. The van der Waals surface area contributed by atoms with Crippen molar-refractivity contribution in [1.29, 1.82) is 0 Å². The van der Waals surface area contributed by atoms with E-state index in [0.29, 0.717) is 12.6 Å². The van der Waals surface area contributed by atoms with Gasteiger partial charge in [-0.05, 0) is 55.6 Å². The van der Waals surface area contributed by atoms with Gasteiger partial charge in [-0.25, -0.2) is 0 Å². The van der Waals surface area contributed by atoms with Crippen LogP contribution >= 0.6 is 0 Å². The van der Waals surface area contributed by atoms with Gasteiger partial charge in [0.1, 0.15) is 5.75 Å². The van der Waals surface area contributed by atoms with Crippen LogP contribution in [-0.2, 0) is 6.42 Å². The van der Waals surface area contributed by atoms with Crippen LogP contribution in [-0.4, -0.2) is 47.3 Å². The van der Waals surface area contributed by atoms with E-state index in [0.717, 1.165) is 44.5 Å². The number of hydrogen-bond donors (Lipinski definition) is 3. The molecule has 0 amide bonds. The highest BCUT2D eigenvalue weighted by Crippen LogP contribution is 2.17. The largest absolute Gasteiger partial charge is 0.508 e. The number of phenolic OH excluding ortho intramolecular Hbond substituents is 1. The van der Waals surface area contributed by atoms with E-state index in [2.05, 4.69) is 40.5 Å². The molecule has 1 fully saturated rings. The molecule has 1 atom stereocenters. The number of aliphatic hydroxyl groups is 1. The van der Waals surface area contributed by atoms with Gasteiger partial charge in [-0.1, -0.05) is 42.5 Å². The Hall–Kier alpha value is -1.88. The molecule has 1 unspecified atom stereocenters. The average Bonchev–Trinajstić information content (AvgIpc) is 2.67. The lowest BCUT2D eigenvalue weighted by Gasteiger charge is -2.33. The Bertz CT molecular complexity index is 622. The summed E-state index contributed by atoms with van der Waals surface area (Å²) in [5.74, 6) is 0.229. The van der Waals surface area contributed by atoms with Gasteiger partial charge in [0.2, 0.25) is 0 Å². The SMILES string of the molecule is Oc1ccc(C(O)CNC2CCN(CCc3ccccc3)CC2)cc1. The van der Waals surface area contributed by atoms with Crippen molar-refractivity contribution in [3.05, 3.63) is 65.7 Å². The van der Waals surface area contributed by atoms with Gasteiger partial charge in [-0.3, -0.25) is 0 Å². The molecule has 2 aromatic carbocycles. The molecule has 3 N–H and O–H groups in total. The number of nitrogens with zero attached hydrogens (tertiary/aromatic N) is 1. The second-order valence-electron chi connectivity index (χ2n) is 6.87. The number of hydrogen-bond acceptors (Lipinski definition) is 4. The zero-order valence-corrected chi connectivity index (χ0v) is 14.6. The molecule has 0 saturated carbocycles. The molecule has 2 aromatic rings. The molecule has 0 spiro atoms. The fourth-order valence-electron chi connectivity index (χ4n) is 3.39. The van der Waals surface area contributed by atoms with Crippen LogP contribution < -0.4 is 5.32 Å². The highest BCUT2D eigenvalue weighted by Gasteiger charge is 2.19. The number of aliphatic hydroxyl groups excluding tert-OH is 1. The maximum atomic E-state index is 10.2. The molecule has 1 heterocycles. The molecule has 0 radical (unpaired) electrons. The fraction of sp³-hybridized carbons (Fsp3) is 0.429. The molecular weight excluding hydrogens is 312 g/mol. The normalized spacial score (nSPS) is 17.5. The molecule has 0 aromatic heterocycles. The number of aromatic hydroxyl groups is 1. The highest BCUT2D eigenvalue weighted by atomic mass is 16.3. The van der Waals surface area contributed by atoms with Crippen LogP contribution in [0.15, 0.2) is 54.6 Å². The Balaban J connectivity index is 1.35. The van der Waals surface area contributed by atoms with Crippen molar-refractivity contribution in [2.24, 2.45) is 0 Å². The van der Waals surface area contributed by atoms with E-state index >= 15 is 0 Å². The third kappa shape index (κ3) is 5.56. The molecule has 1 aliphatic rings. The zero-order valence-electron chi connectivity index (χ0n) is 14.6. The number of piperidine rings is 1. The van der Waals surface area contributed by atoms with Crippen LogP contribution in [0.4, 0.5) is 0 Å². The number of benzene rings is 2. The minimum Gasteiger partial charge on any atom is -0.508 e. The molecule has 1 saturated heterocycles. The molecule has 134 valence electrons. The van der Waals surface area contributed by atoms with E-state index in [1.807, 2.05) is 0 Å². The fourth-order valence-corrected chi connectivity index (χ4v) is 3.39. The number of nitrogens with one attached hydrogen (secondary N) is 1. The van der Waals surface area contributed by atoms with Crippen LogP contribution in [0.3, 0.4) is 0 Å². The van der Waals surface area contributed by atoms with Crippen molar-refractivity contribution in [2.75, 3.05) is 26.2 Å². The first-order valence-electron chi connectivity index (χ1n) is 9.17. The van der Waals surface area contributed by atoms with Gasteiger partial charge < -0.3 is 20.4 Å². The minimum absolute atomic E-state index is 0.229. The first-order chi connectivity index (χ1) is 12.2. The van der Waals surface area contributed by atoms with Gasteiger partial charge in [0.25, 0.3) is 0 Å². The molecular formula is C21H28N2O2. The predicted octanol–water partition coefficient (Wildman–Crippen LogP) is 2.72. The third-order valence-corrected chi connectivity index (χ3v) is 5.02. The second-order valence-corrected chi connectivity index (χ2v) is 6.87. The lowest BCUT2D eigenvalue weighted by Crippen LogP contribution is -2.44. The first-order valence-corrected chi connectivity index (χ1v) is 9.17. The molecule has 0 aliphatic carbocycles. The summed E-state index contributed by atoms with van der Waals surface area (Å²) in [6.07, 6.45) is 2.82. The van der Waals surface area contributed by atoms with E-state index in [9.17, 15) is 10.2 Å². The number of phenols is 1. The summed E-state index contributed by atoms with van der Waals surface area (Å²) in [7, 11) is 0. The van der Waals surface area contributed by atoms with E-state index in [1.54, 1.807) is 24.3 Å². The summed E-state index contributed by atoms with van der Waals surface area (Å²) in [5.41, 5.74) is 2.24. The van der Waals surface area contributed by atoms with Crippen molar-refractivity contribution in [2.45, 2.75) is 31.4 Å². The van der Waals surface area contributed by atoms with Gasteiger partial charge in [-0.15, -0.1) is 0 Å². The average molecular weight is 340 g/mol. The van der Waals surface area contributed by atoms with Crippen molar-refractivity contribution in [3.8, 4) is 5.75 Å². The summed E-state index contributed by atoms with van der Waals surface area (Å²) in [6.45, 7) is 3.89. The Morgan fingerprint density at radius 2 is 1.68 bits per heavy atom. The van der Waals surface area contributed by atoms with Crippen LogP contribution in [0, 0.1) is 0 Å². The lowest BCUT2D eigenvalue weighted by atomic mass is 10.0. The minimum atomic E-state index is -0.531. The van der Waals surface area contributed by atoms with E-state index < -0.39 is 6.10 Å². The summed E-state index contributed by atoms with van der Waals surface area (Å²) in [4.78, 5) is 2.53. The summed E-state index contributed by atoms with van der Waals surface area (Å²) < 4.78 is 0. The monoisotopic (exact) mass is 340 g/mol. The standard InChI is InChI=1S/C21H28N2O2/c24-20-8-6-18(7-9-20)21(25)16-22-19-11-14-23(15-12-19)13-10-17-4-2-1-3-5-17/h1-9,19,21-22,24-25H,10-16H2. The quantitative estimate of drug-likeness (QED) is 0.725. The van der Waals surface area contributed by atoms with Crippen molar-refractivity contribution >= 4 is 0 Å². The Morgan fingerprint density at radius 3 is 2.36 bits per heavy atom. The zero-order chi connectivity index (χ0) is 17.5. The molecule has 3 rings (SSSR count). The van der Waals surface area contributed by atoms with Crippen LogP contribution in [0.1, 0.15) is 30.1 Å². The summed E-state index contributed by atoms with van der Waals surface area (Å²) in [5, 5.41) is 23.1. The van der Waals surface area contributed by atoms with Crippen LogP contribution in [0.2, 0.25) is 0 Å². The van der Waals surface area contributed by atoms with Gasteiger partial charge in [-0.2, -0.15) is 0 Å². The molecule has 1 aliphatic heterocycles. The molecule has 0 bridgehead atoms. The smallest absolute Gasteiger partial charge is 0.115 e. The van der Waals surface area contributed by atoms with Crippen molar-refractivity contribution in [3.63, 3.8) is 0 Å². The number of rotatable bonds is 7. The lowest BCUT2D eigenvalue weighted by molar-refractivity contribution is 0.152. The Morgan fingerprint density at radius 1 is 1.00 bits per heavy atom. The Kier molecular flexibility index (Phi) is 6.45. The predicted molar refractivity (Wildman–Crippen MR) is 101 cm³/mol. The van der Waals surface area contributed by atoms with Gasteiger partial charge >= 0.3 is 0 Å². The van der Waals surface area contributed by atoms with E-state index in [1.165, 1.54) is 5.56 Å². The van der Waals surface area contributed by atoms with E-state index in [4.69, 9.17) is 0 Å². The van der Waals surface area contributed by atoms with Crippen molar-refractivity contribution in [1.82, 2.24) is 10.2 Å². The van der Waals surface area contributed by atoms with Crippen LogP contribution in [0.5, 0.6) is 5.75 Å². The topological polar surface area (TPSA) is 55.7 Å². The van der Waals surface area contributed by atoms with Gasteiger partial charge in [0.05, 0.1) is 6.10 Å². The highest BCUT2D eigenvalue weighted by molar-refractivity contribution is 5.27. The summed E-state index contributed by atoms with van der Waals surface area (Å²) in [6, 6.07) is 17.9. The van der Waals surface area contributed by atoms with E-state index in [-0.39, 0.29) is 5.75 Å². The van der Waals surface area contributed by atoms with Crippen molar-refractivity contribution < 1.29 is 10.2 Å². The van der Waals surface area contributed by atoms with Gasteiger partial charge in [0.15, 0.2) is 0 Å². The Labute approximate surface area is 150 Å². The number of likely N-dealkylation sites (tertiary alicyclic amines) is 1. The maximum Gasteiger partial charge on any atom is 0.115 e. The molecule has 4 nitrogen and oxygen atoms in total. The van der Waals surface area contributed by atoms with Crippen LogP contribution in [0.25, 0.3) is 0 Å². The van der Waals surface area contributed by atoms with Gasteiger partial charge in [0, 0.05) is 19.1 Å².